The number of hydrogen-bond donors (Lipinski definition) is 3. The highest BCUT2D eigenvalue weighted by Gasteiger charge is 2.24. The van der Waals surface area contributed by atoms with Gasteiger partial charge in [-0.15, -0.1) is 0 Å². The summed E-state index contributed by atoms with van der Waals surface area (Å²) in [4.78, 5) is 24.4. The Balaban J connectivity index is 1.58. The van der Waals surface area contributed by atoms with E-state index in [1.807, 2.05) is 13.0 Å². The second-order valence-corrected chi connectivity index (χ2v) is 7.33. The second-order valence-electron chi connectivity index (χ2n) is 7.33. The minimum Gasteiger partial charge on any atom is -0.349 e. The molecule has 1 aromatic rings. The standard InChI is InChI=1S/C19H27N3O2/c1-12-3-7-16(8-4-12)21-19(24)22-17-11-14(6-5-13(17)2)18(23)20-15-9-10-15/h5-6,11-12,15-16H,3-4,7-10H2,1-2H3,(H,20,23)(H2,21,22,24). The molecule has 0 radical (unpaired) electrons. The average molecular weight is 329 g/mol. The Morgan fingerprint density at radius 3 is 2.25 bits per heavy atom. The quantitative estimate of drug-likeness (QED) is 0.790. The molecule has 0 unspecified atom stereocenters. The van der Waals surface area contributed by atoms with E-state index in [9.17, 15) is 9.59 Å². The minimum absolute atomic E-state index is 0.0674. The fourth-order valence-corrected chi connectivity index (χ4v) is 3.14. The van der Waals surface area contributed by atoms with Crippen molar-refractivity contribution in [2.24, 2.45) is 5.92 Å². The lowest BCUT2D eigenvalue weighted by Gasteiger charge is -2.27. The first-order valence-electron chi connectivity index (χ1n) is 9.00. The summed E-state index contributed by atoms with van der Waals surface area (Å²) in [5, 5.41) is 8.93. The van der Waals surface area contributed by atoms with Crippen LogP contribution in [0.25, 0.3) is 0 Å². The van der Waals surface area contributed by atoms with Crippen molar-refractivity contribution in [2.45, 2.75) is 64.5 Å². The van der Waals surface area contributed by atoms with Crippen LogP contribution in [0.5, 0.6) is 0 Å². The van der Waals surface area contributed by atoms with Gasteiger partial charge in [0.1, 0.15) is 0 Å². The van der Waals surface area contributed by atoms with Crippen molar-refractivity contribution in [3.05, 3.63) is 29.3 Å². The smallest absolute Gasteiger partial charge is 0.319 e. The van der Waals surface area contributed by atoms with E-state index in [1.54, 1.807) is 12.1 Å². The number of rotatable bonds is 4. The van der Waals surface area contributed by atoms with Crippen molar-refractivity contribution in [3.8, 4) is 0 Å². The lowest BCUT2D eigenvalue weighted by Crippen LogP contribution is -2.40. The van der Waals surface area contributed by atoms with Crippen LogP contribution >= 0.6 is 0 Å². The number of hydrogen-bond acceptors (Lipinski definition) is 2. The van der Waals surface area contributed by atoms with Crippen LogP contribution in [0.3, 0.4) is 0 Å². The molecule has 130 valence electrons. The molecule has 3 amide bonds. The summed E-state index contributed by atoms with van der Waals surface area (Å²) in [6.45, 7) is 4.19. The van der Waals surface area contributed by atoms with E-state index in [0.717, 1.165) is 37.2 Å². The van der Waals surface area contributed by atoms with Crippen molar-refractivity contribution in [1.82, 2.24) is 10.6 Å². The first-order chi connectivity index (χ1) is 11.5. The second kappa shape index (κ2) is 7.24. The molecule has 0 heterocycles. The summed E-state index contributed by atoms with van der Waals surface area (Å²) in [5.74, 6) is 0.692. The maximum atomic E-state index is 12.3. The molecule has 2 saturated carbocycles. The number of nitrogens with one attached hydrogen (secondary N) is 3. The van der Waals surface area contributed by atoms with Crippen molar-refractivity contribution < 1.29 is 9.59 Å². The molecule has 2 aliphatic rings. The van der Waals surface area contributed by atoms with Gasteiger partial charge in [-0.25, -0.2) is 4.79 Å². The molecule has 3 N–H and O–H groups in total. The van der Waals surface area contributed by atoms with Gasteiger partial charge >= 0.3 is 6.03 Å². The van der Waals surface area contributed by atoms with Crippen molar-refractivity contribution >= 4 is 17.6 Å². The highest BCUT2D eigenvalue weighted by molar-refractivity contribution is 5.97. The number of benzene rings is 1. The SMILES string of the molecule is Cc1ccc(C(=O)NC2CC2)cc1NC(=O)NC1CCC(C)CC1. The first kappa shape index (κ1) is 16.8. The number of anilines is 1. The molecule has 0 bridgehead atoms. The molecule has 5 nitrogen and oxygen atoms in total. The predicted octanol–water partition coefficient (Wildman–Crippen LogP) is 3.59. The van der Waals surface area contributed by atoms with Crippen LogP contribution in [0.15, 0.2) is 18.2 Å². The van der Waals surface area contributed by atoms with Gasteiger partial charge in [0.15, 0.2) is 0 Å². The first-order valence-corrected chi connectivity index (χ1v) is 9.00. The molecular formula is C19H27N3O2. The van der Waals surface area contributed by atoms with E-state index in [4.69, 9.17) is 0 Å². The van der Waals surface area contributed by atoms with E-state index in [-0.39, 0.29) is 18.0 Å². The van der Waals surface area contributed by atoms with E-state index in [0.29, 0.717) is 17.3 Å². The topological polar surface area (TPSA) is 70.2 Å². The predicted molar refractivity (Wildman–Crippen MR) is 95.2 cm³/mol. The molecule has 3 rings (SSSR count). The third-order valence-corrected chi connectivity index (χ3v) is 5.01. The van der Waals surface area contributed by atoms with Gasteiger partial charge in [-0.05, 0) is 69.1 Å². The number of carbonyl (C=O) groups excluding carboxylic acids is 2. The van der Waals surface area contributed by atoms with Crippen molar-refractivity contribution in [1.29, 1.82) is 0 Å². The third kappa shape index (κ3) is 4.49. The average Bonchev–Trinajstić information content (AvgIpc) is 3.35. The molecule has 0 atom stereocenters. The lowest BCUT2D eigenvalue weighted by atomic mass is 9.87. The maximum Gasteiger partial charge on any atom is 0.319 e. The zero-order valence-corrected chi connectivity index (χ0v) is 14.5. The van der Waals surface area contributed by atoms with Gasteiger partial charge in [-0.1, -0.05) is 13.0 Å². The molecule has 0 spiro atoms. The Bertz CT molecular complexity index is 617. The van der Waals surface area contributed by atoms with E-state index >= 15 is 0 Å². The summed E-state index contributed by atoms with van der Waals surface area (Å²) in [7, 11) is 0. The number of amides is 3. The van der Waals surface area contributed by atoms with Gasteiger partial charge in [0.2, 0.25) is 0 Å². The number of urea groups is 1. The molecule has 1 aromatic carbocycles. The van der Waals surface area contributed by atoms with Gasteiger partial charge in [-0.3, -0.25) is 4.79 Å². The van der Waals surface area contributed by atoms with Gasteiger partial charge in [-0.2, -0.15) is 0 Å². The summed E-state index contributed by atoms with van der Waals surface area (Å²) in [6.07, 6.45) is 6.53. The highest BCUT2D eigenvalue weighted by atomic mass is 16.2. The van der Waals surface area contributed by atoms with Crippen LogP contribution in [-0.4, -0.2) is 24.0 Å². The molecule has 0 saturated heterocycles. The molecule has 0 aliphatic heterocycles. The molecular weight excluding hydrogens is 302 g/mol. The van der Waals surface area contributed by atoms with Crippen LogP contribution in [0.1, 0.15) is 61.4 Å². The van der Waals surface area contributed by atoms with Gasteiger partial charge in [0.25, 0.3) is 5.91 Å². The Hall–Kier alpha value is -2.04. The Labute approximate surface area is 143 Å². The van der Waals surface area contributed by atoms with E-state index in [1.165, 1.54) is 12.8 Å². The minimum atomic E-state index is -0.183. The summed E-state index contributed by atoms with van der Waals surface area (Å²) < 4.78 is 0. The normalized spacial score (nSPS) is 23.4. The summed E-state index contributed by atoms with van der Waals surface area (Å²) in [5.41, 5.74) is 2.24. The Morgan fingerprint density at radius 1 is 0.958 bits per heavy atom. The van der Waals surface area contributed by atoms with Crippen LogP contribution in [0.4, 0.5) is 10.5 Å². The van der Waals surface area contributed by atoms with E-state index in [2.05, 4.69) is 22.9 Å². The van der Waals surface area contributed by atoms with Crippen LogP contribution in [-0.2, 0) is 0 Å². The van der Waals surface area contributed by atoms with Gasteiger partial charge in [0.05, 0.1) is 0 Å². The van der Waals surface area contributed by atoms with Crippen LogP contribution < -0.4 is 16.0 Å². The molecule has 0 aromatic heterocycles. The van der Waals surface area contributed by atoms with Gasteiger partial charge < -0.3 is 16.0 Å². The maximum absolute atomic E-state index is 12.3. The third-order valence-electron chi connectivity index (χ3n) is 5.01. The van der Waals surface area contributed by atoms with Crippen LogP contribution in [0, 0.1) is 12.8 Å². The van der Waals surface area contributed by atoms with Crippen molar-refractivity contribution in [3.63, 3.8) is 0 Å². The molecule has 5 heteroatoms. The van der Waals surface area contributed by atoms with Crippen molar-refractivity contribution in [2.75, 3.05) is 5.32 Å². The molecule has 2 aliphatic carbocycles. The Morgan fingerprint density at radius 2 is 1.58 bits per heavy atom. The highest BCUT2D eigenvalue weighted by Crippen LogP contribution is 2.24. The van der Waals surface area contributed by atoms with Crippen LogP contribution in [0.2, 0.25) is 0 Å². The summed E-state index contributed by atoms with van der Waals surface area (Å²) >= 11 is 0. The fraction of sp³-hybridized carbons (Fsp3) is 0.579. The molecule has 2 fully saturated rings. The summed E-state index contributed by atoms with van der Waals surface area (Å²) in [6, 6.07) is 5.83. The van der Waals surface area contributed by atoms with E-state index < -0.39 is 0 Å². The number of aryl methyl sites for hydroxylation is 1. The zero-order valence-electron chi connectivity index (χ0n) is 14.5. The lowest BCUT2D eigenvalue weighted by molar-refractivity contribution is 0.0951. The molecule has 24 heavy (non-hydrogen) atoms. The zero-order chi connectivity index (χ0) is 17.1. The fourth-order valence-electron chi connectivity index (χ4n) is 3.14. The number of carbonyl (C=O) groups is 2. The monoisotopic (exact) mass is 329 g/mol. The Kier molecular flexibility index (Phi) is 5.07. The largest absolute Gasteiger partial charge is 0.349 e. The van der Waals surface area contributed by atoms with Gasteiger partial charge in [0, 0.05) is 23.3 Å².